The van der Waals surface area contributed by atoms with Crippen molar-refractivity contribution in [2.45, 2.75) is 20.4 Å². The van der Waals surface area contributed by atoms with Crippen molar-refractivity contribution in [2.24, 2.45) is 0 Å². The van der Waals surface area contributed by atoms with Crippen LogP contribution in [0.4, 0.5) is 4.39 Å². The maximum absolute atomic E-state index is 13.1. The highest BCUT2D eigenvalue weighted by atomic mass is 19.1. The third-order valence-corrected chi connectivity index (χ3v) is 2.78. The number of amides is 1. The third kappa shape index (κ3) is 2.59. The molecule has 2 aromatic rings. The first-order valence-electron chi connectivity index (χ1n) is 5.65. The predicted octanol–water partition coefficient (Wildman–Crippen LogP) is 2.97. The van der Waals surface area contributed by atoms with Crippen molar-refractivity contribution >= 4 is 5.91 Å². The fourth-order valence-corrected chi connectivity index (χ4v) is 1.71. The SMILES string of the molecule is Cc1cc(CNC(=O)c2ccoc2C)ccc1F. The minimum atomic E-state index is -0.240. The molecule has 94 valence electrons. The lowest BCUT2D eigenvalue weighted by molar-refractivity contribution is 0.0949. The monoisotopic (exact) mass is 247 g/mol. The van der Waals surface area contributed by atoms with Gasteiger partial charge >= 0.3 is 0 Å². The van der Waals surface area contributed by atoms with Gasteiger partial charge in [0.2, 0.25) is 0 Å². The molecule has 1 heterocycles. The zero-order valence-electron chi connectivity index (χ0n) is 10.3. The molecule has 0 atom stereocenters. The summed E-state index contributed by atoms with van der Waals surface area (Å²) >= 11 is 0. The van der Waals surface area contributed by atoms with Crippen molar-refractivity contribution in [1.29, 1.82) is 0 Å². The standard InChI is InChI=1S/C14H14FNO2/c1-9-7-11(3-4-13(9)15)8-16-14(17)12-5-6-18-10(12)2/h3-7H,8H2,1-2H3,(H,16,17). The van der Waals surface area contributed by atoms with Crippen LogP contribution in [0.2, 0.25) is 0 Å². The molecule has 0 radical (unpaired) electrons. The zero-order chi connectivity index (χ0) is 13.1. The van der Waals surface area contributed by atoms with Crippen molar-refractivity contribution in [3.8, 4) is 0 Å². The van der Waals surface area contributed by atoms with E-state index in [2.05, 4.69) is 5.32 Å². The van der Waals surface area contributed by atoms with Crippen LogP contribution in [-0.4, -0.2) is 5.91 Å². The molecule has 0 aliphatic carbocycles. The number of nitrogens with one attached hydrogen (secondary N) is 1. The summed E-state index contributed by atoms with van der Waals surface area (Å²) in [7, 11) is 0. The van der Waals surface area contributed by atoms with E-state index in [1.807, 2.05) is 0 Å². The molecule has 0 aliphatic heterocycles. The molecule has 1 aromatic carbocycles. The quantitative estimate of drug-likeness (QED) is 0.906. The molecular formula is C14H14FNO2. The molecule has 1 aromatic heterocycles. The van der Waals surface area contributed by atoms with E-state index in [0.717, 1.165) is 5.56 Å². The summed E-state index contributed by atoms with van der Waals surface area (Å²) in [6.07, 6.45) is 1.48. The van der Waals surface area contributed by atoms with E-state index >= 15 is 0 Å². The number of furan rings is 1. The Hall–Kier alpha value is -2.10. The van der Waals surface area contributed by atoms with Crippen LogP contribution in [0.1, 0.15) is 27.2 Å². The number of hydrogen-bond donors (Lipinski definition) is 1. The highest BCUT2D eigenvalue weighted by Gasteiger charge is 2.10. The summed E-state index contributed by atoms with van der Waals surface area (Å²) in [5, 5.41) is 2.77. The number of rotatable bonds is 3. The number of carbonyl (C=O) groups excluding carboxylic acids is 1. The maximum Gasteiger partial charge on any atom is 0.255 e. The first-order valence-corrected chi connectivity index (χ1v) is 5.65. The lowest BCUT2D eigenvalue weighted by Gasteiger charge is -2.06. The summed E-state index contributed by atoms with van der Waals surface area (Å²) < 4.78 is 18.1. The lowest BCUT2D eigenvalue weighted by atomic mass is 10.1. The summed E-state index contributed by atoms with van der Waals surface area (Å²) in [6.45, 7) is 3.79. The van der Waals surface area contributed by atoms with Crippen molar-refractivity contribution in [1.82, 2.24) is 5.32 Å². The molecule has 2 rings (SSSR count). The van der Waals surface area contributed by atoms with Crippen LogP contribution in [0.25, 0.3) is 0 Å². The largest absolute Gasteiger partial charge is 0.469 e. The molecule has 0 spiro atoms. The van der Waals surface area contributed by atoms with Crippen LogP contribution in [0.3, 0.4) is 0 Å². The molecule has 1 amide bonds. The predicted molar refractivity (Wildman–Crippen MR) is 65.8 cm³/mol. The first-order chi connectivity index (χ1) is 8.58. The second-order valence-electron chi connectivity index (χ2n) is 4.16. The summed E-state index contributed by atoms with van der Waals surface area (Å²) in [5.74, 6) is 0.154. The summed E-state index contributed by atoms with van der Waals surface area (Å²) in [4.78, 5) is 11.8. The molecular weight excluding hydrogens is 233 g/mol. The zero-order valence-corrected chi connectivity index (χ0v) is 10.3. The summed E-state index contributed by atoms with van der Waals surface area (Å²) in [6, 6.07) is 6.41. The number of benzene rings is 1. The van der Waals surface area contributed by atoms with Gasteiger partial charge < -0.3 is 9.73 Å². The van der Waals surface area contributed by atoms with Gasteiger partial charge in [-0.25, -0.2) is 4.39 Å². The van der Waals surface area contributed by atoms with Crippen LogP contribution >= 0.6 is 0 Å². The van der Waals surface area contributed by atoms with E-state index in [-0.39, 0.29) is 11.7 Å². The van der Waals surface area contributed by atoms with Crippen LogP contribution in [0.15, 0.2) is 34.9 Å². The fraction of sp³-hybridized carbons (Fsp3) is 0.214. The van der Waals surface area contributed by atoms with E-state index < -0.39 is 0 Å². The van der Waals surface area contributed by atoms with Crippen LogP contribution < -0.4 is 5.32 Å². The topological polar surface area (TPSA) is 42.2 Å². The van der Waals surface area contributed by atoms with Crippen molar-refractivity contribution < 1.29 is 13.6 Å². The van der Waals surface area contributed by atoms with Gasteiger partial charge in [-0.15, -0.1) is 0 Å². The van der Waals surface area contributed by atoms with Gasteiger partial charge in [-0.3, -0.25) is 4.79 Å². The van der Waals surface area contributed by atoms with Gasteiger partial charge in [0.05, 0.1) is 11.8 Å². The smallest absolute Gasteiger partial charge is 0.255 e. The van der Waals surface area contributed by atoms with E-state index in [0.29, 0.717) is 23.4 Å². The second kappa shape index (κ2) is 5.04. The minimum absolute atomic E-state index is 0.191. The van der Waals surface area contributed by atoms with Crippen LogP contribution in [0, 0.1) is 19.7 Å². The molecule has 4 heteroatoms. The molecule has 0 fully saturated rings. The molecule has 1 N–H and O–H groups in total. The Balaban J connectivity index is 2.02. The average molecular weight is 247 g/mol. The van der Waals surface area contributed by atoms with E-state index in [4.69, 9.17) is 4.42 Å². The van der Waals surface area contributed by atoms with Crippen molar-refractivity contribution in [3.63, 3.8) is 0 Å². The van der Waals surface area contributed by atoms with E-state index in [1.165, 1.54) is 12.3 Å². The molecule has 0 saturated heterocycles. The van der Waals surface area contributed by atoms with Crippen LogP contribution in [0.5, 0.6) is 0 Å². The highest BCUT2D eigenvalue weighted by molar-refractivity contribution is 5.94. The van der Waals surface area contributed by atoms with Gasteiger partial charge in [0.1, 0.15) is 11.6 Å². The van der Waals surface area contributed by atoms with Gasteiger partial charge in [0.25, 0.3) is 5.91 Å². The Labute approximate surface area is 105 Å². The second-order valence-corrected chi connectivity index (χ2v) is 4.16. The highest BCUT2D eigenvalue weighted by Crippen LogP contribution is 2.11. The van der Waals surface area contributed by atoms with Gasteiger partial charge in [-0.05, 0) is 37.1 Å². The molecule has 0 aliphatic rings. The lowest BCUT2D eigenvalue weighted by Crippen LogP contribution is -2.23. The van der Waals surface area contributed by atoms with Gasteiger partial charge in [0, 0.05) is 6.54 Å². The summed E-state index contributed by atoms with van der Waals surface area (Å²) in [5.41, 5.74) is 1.96. The van der Waals surface area contributed by atoms with E-state index in [9.17, 15) is 9.18 Å². The number of halogens is 1. The Morgan fingerprint density at radius 2 is 2.11 bits per heavy atom. The molecule has 18 heavy (non-hydrogen) atoms. The van der Waals surface area contributed by atoms with Crippen molar-refractivity contribution in [3.05, 3.63) is 58.8 Å². The number of hydrogen-bond acceptors (Lipinski definition) is 2. The maximum atomic E-state index is 13.1. The third-order valence-electron chi connectivity index (χ3n) is 2.78. The van der Waals surface area contributed by atoms with Gasteiger partial charge in [-0.2, -0.15) is 0 Å². The molecule has 0 unspecified atom stereocenters. The van der Waals surface area contributed by atoms with Crippen LogP contribution in [-0.2, 0) is 6.54 Å². The first kappa shape index (κ1) is 12.4. The molecule has 0 saturated carbocycles. The normalized spacial score (nSPS) is 10.4. The fourth-order valence-electron chi connectivity index (χ4n) is 1.71. The Bertz CT molecular complexity index is 575. The number of aryl methyl sites for hydroxylation is 2. The Morgan fingerprint density at radius 3 is 2.72 bits per heavy atom. The van der Waals surface area contributed by atoms with Crippen molar-refractivity contribution in [2.75, 3.05) is 0 Å². The van der Waals surface area contributed by atoms with Gasteiger partial charge in [-0.1, -0.05) is 12.1 Å². The number of carbonyl (C=O) groups is 1. The Morgan fingerprint density at radius 1 is 1.33 bits per heavy atom. The van der Waals surface area contributed by atoms with Gasteiger partial charge in [0.15, 0.2) is 0 Å². The Kier molecular flexibility index (Phi) is 3.46. The molecule has 3 nitrogen and oxygen atoms in total. The average Bonchev–Trinajstić information content (AvgIpc) is 2.77. The molecule has 0 bridgehead atoms. The van der Waals surface area contributed by atoms with E-state index in [1.54, 1.807) is 32.0 Å². The minimum Gasteiger partial charge on any atom is -0.469 e.